The van der Waals surface area contributed by atoms with Crippen LogP contribution in [0.5, 0.6) is 0 Å². The highest BCUT2D eigenvalue weighted by Gasteiger charge is 2.71. The molecule has 0 heterocycles. The van der Waals surface area contributed by atoms with Crippen LogP contribution in [0.4, 0.5) is 22.0 Å². The Morgan fingerprint density at radius 3 is 1.80 bits per heavy atom. The zero-order valence-electron chi connectivity index (χ0n) is 7.33. The van der Waals surface area contributed by atoms with Gasteiger partial charge in [-0.3, -0.25) is 0 Å². The van der Waals surface area contributed by atoms with E-state index in [2.05, 4.69) is 0 Å². The molecule has 2 rings (SSSR count). The predicted octanol–water partition coefficient (Wildman–Crippen LogP) is 2.30. The summed E-state index contributed by atoms with van der Waals surface area (Å²) < 4.78 is 64.2. The van der Waals surface area contributed by atoms with Crippen LogP contribution < -0.4 is 5.73 Å². The number of benzene rings is 1. The Morgan fingerprint density at radius 1 is 1.07 bits per heavy atom. The second-order valence-corrected chi connectivity index (χ2v) is 3.60. The quantitative estimate of drug-likeness (QED) is 0.726. The molecule has 82 valence electrons. The van der Waals surface area contributed by atoms with Gasteiger partial charge in [-0.25, -0.2) is 22.0 Å². The topological polar surface area (TPSA) is 26.0 Å². The molecule has 1 aliphatic carbocycles. The lowest BCUT2D eigenvalue weighted by molar-refractivity contribution is 0.0870. The summed E-state index contributed by atoms with van der Waals surface area (Å²) in [5.74, 6) is -7.27. The summed E-state index contributed by atoms with van der Waals surface area (Å²) in [6.45, 7) is 0. The average molecular weight is 223 g/mol. The first-order valence-corrected chi connectivity index (χ1v) is 4.10. The molecule has 1 aromatic rings. The van der Waals surface area contributed by atoms with Gasteiger partial charge in [0, 0.05) is 24.1 Å². The molecule has 0 amide bonds. The van der Waals surface area contributed by atoms with E-state index < -0.39 is 40.9 Å². The molecule has 2 N–H and O–H groups in total. The van der Waals surface area contributed by atoms with E-state index in [1.807, 2.05) is 0 Å². The van der Waals surface area contributed by atoms with Gasteiger partial charge in [-0.05, 0) is 0 Å². The van der Waals surface area contributed by atoms with Gasteiger partial charge < -0.3 is 5.73 Å². The molecule has 0 saturated heterocycles. The maximum absolute atomic E-state index is 13.1. The molecule has 1 unspecified atom stereocenters. The molecule has 15 heavy (non-hydrogen) atoms. The molecule has 1 atom stereocenters. The first-order chi connectivity index (χ1) is 6.78. The standard InChI is InChI=1S/C9H6F5N/c10-4-1-5(11)7(6(12)2-4)8(15)3-9(8,13)14/h1-2H,3,15H2. The van der Waals surface area contributed by atoms with Crippen molar-refractivity contribution in [1.82, 2.24) is 0 Å². The van der Waals surface area contributed by atoms with Crippen LogP contribution in [0.15, 0.2) is 12.1 Å². The van der Waals surface area contributed by atoms with E-state index in [1.54, 1.807) is 0 Å². The normalized spacial score (nSPS) is 27.9. The highest BCUT2D eigenvalue weighted by molar-refractivity contribution is 5.38. The van der Waals surface area contributed by atoms with Gasteiger partial charge in [0.2, 0.25) is 0 Å². The molecule has 0 spiro atoms. The fraction of sp³-hybridized carbons (Fsp3) is 0.333. The molecule has 0 aliphatic heterocycles. The minimum Gasteiger partial charge on any atom is -0.316 e. The predicted molar refractivity (Wildman–Crippen MR) is 41.7 cm³/mol. The Balaban J connectivity index is 2.56. The maximum atomic E-state index is 13.1. The Labute approximate surface area is 81.7 Å². The molecular weight excluding hydrogens is 217 g/mol. The summed E-state index contributed by atoms with van der Waals surface area (Å²) in [6, 6.07) is 0.669. The molecule has 1 saturated carbocycles. The van der Waals surface area contributed by atoms with Crippen LogP contribution >= 0.6 is 0 Å². The Bertz CT molecular complexity index is 408. The van der Waals surface area contributed by atoms with Crippen molar-refractivity contribution in [3.63, 3.8) is 0 Å². The number of hydrogen-bond acceptors (Lipinski definition) is 1. The van der Waals surface area contributed by atoms with Gasteiger partial charge in [0.15, 0.2) is 0 Å². The first-order valence-electron chi connectivity index (χ1n) is 4.10. The lowest BCUT2D eigenvalue weighted by atomic mass is 10.0. The van der Waals surface area contributed by atoms with Crippen molar-refractivity contribution in [3.8, 4) is 0 Å². The minimum atomic E-state index is -3.34. The van der Waals surface area contributed by atoms with E-state index in [0.29, 0.717) is 12.1 Å². The van der Waals surface area contributed by atoms with Crippen LogP contribution in [-0.4, -0.2) is 5.92 Å². The summed E-state index contributed by atoms with van der Waals surface area (Å²) in [6.07, 6.45) is -0.834. The minimum absolute atomic E-state index is 0.335. The number of hydrogen-bond donors (Lipinski definition) is 1. The molecule has 1 aliphatic rings. The van der Waals surface area contributed by atoms with Crippen LogP contribution in [-0.2, 0) is 5.54 Å². The molecule has 1 aromatic carbocycles. The largest absolute Gasteiger partial charge is 0.316 e. The van der Waals surface area contributed by atoms with Crippen LogP contribution in [0.25, 0.3) is 0 Å². The van der Waals surface area contributed by atoms with Crippen LogP contribution in [0, 0.1) is 17.5 Å². The smallest absolute Gasteiger partial charge is 0.272 e. The van der Waals surface area contributed by atoms with Crippen molar-refractivity contribution in [1.29, 1.82) is 0 Å². The maximum Gasteiger partial charge on any atom is 0.272 e. The number of rotatable bonds is 1. The summed E-state index contributed by atoms with van der Waals surface area (Å²) >= 11 is 0. The van der Waals surface area contributed by atoms with E-state index in [9.17, 15) is 22.0 Å². The molecular formula is C9H6F5N. The van der Waals surface area contributed by atoms with Gasteiger partial charge in [-0.1, -0.05) is 0 Å². The van der Waals surface area contributed by atoms with Crippen molar-refractivity contribution in [2.45, 2.75) is 17.9 Å². The van der Waals surface area contributed by atoms with Crippen molar-refractivity contribution in [2.24, 2.45) is 5.73 Å². The second-order valence-electron chi connectivity index (χ2n) is 3.60. The highest BCUT2D eigenvalue weighted by Crippen LogP contribution is 2.58. The van der Waals surface area contributed by atoms with Gasteiger partial charge in [-0.15, -0.1) is 0 Å². The van der Waals surface area contributed by atoms with E-state index in [0.717, 1.165) is 0 Å². The third-order valence-electron chi connectivity index (χ3n) is 2.48. The van der Waals surface area contributed by atoms with E-state index in [4.69, 9.17) is 5.73 Å². The molecule has 0 bridgehead atoms. The third-order valence-corrected chi connectivity index (χ3v) is 2.48. The monoisotopic (exact) mass is 223 g/mol. The Hall–Kier alpha value is -1.17. The first kappa shape index (κ1) is 10.4. The Morgan fingerprint density at radius 2 is 1.47 bits per heavy atom. The molecule has 0 aromatic heterocycles. The summed E-state index contributed by atoms with van der Waals surface area (Å²) in [7, 11) is 0. The fourth-order valence-corrected chi connectivity index (χ4v) is 1.55. The summed E-state index contributed by atoms with van der Waals surface area (Å²) in [5.41, 5.74) is 1.86. The van der Waals surface area contributed by atoms with Crippen LogP contribution in [0.3, 0.4) is 0 Å². The molecule has 6 heteroatoms. The zero-order valence-corrected chi connectivity index (χ0v) is 7.33. The van der Waals surface area contributed by atoms with Crippen molar-refractivity contribution < 1.29 is 22.0 Å². The average Bonchev–Trinajstić information content (AvgIpc) is 2.47. The van der Waals surface area contributed by atoms with Gasteiger partial charge in [-0.2, -0.15) is 0 Å². The van der Waals surface area contributed by atoms with Gasteiger partial charge in [0.1, 0.15) is 23.0 Å². The van der Waals surface area contributed by atoms with Gasteiger partial charge in [0.05, 0.1) is 0 Å². The van der Waals surface area contributed by atoms with Gasteiger partial charge in [0.25, 0.3) is 5.92 Å². The lowest BCUT2D eigenvalue weighted by Gasteiger charge is -2.12. The van der Waals surface area contributed by atoms with Gasteiger partial charge >= 0.3 is 0 Å². The highest BCUT2D eigenvalue weighted by atomic mass is 19.3. The summed E-state index contributed by atoms with van der Waals surface area (Å²) in [5, 5.41) is 0. The Kier molecular flexibility index (Phi) is 1.86. The van der Waals surface area contributed by atoms with E-state index in [-0.39, 0.29) is 0 Å². The molecule has 1 nitrogen and oxygen atoms in total. The molecule has 1 fully saturated rings. The number of alkyl halides is 2. The third kappa shape index (κ3) is 1.31. The lowest BCUT2D eigenvalue weighted by Crippen LogP contribution is -2.29. The zero-order chi connectivity index (χ0) is 11.4. The SMILES string of the molecule is NC1(c2c(F)cc(F)cc2F)CC1(F)F. The van der Waals surface area contributed by atoms with E-state index in [1.165, 1.54) is 0 Å². The number of halogens is 5. The fourth-order valence-electron chi connectivity index (χ4n) is 1.55. The van der Waals surface area contributed by atoms with Crippen molar-refractivity contribution >= 4 is 0 Å². The number of nitrogens with two attached hydrogens (primary N) is 1. The van der Waals surface area contributed by atoms with Crippen LogP contribution in [0.1, 0.15) is 12.0 Å². The second kappa shape index (κ2) is 2.69. The van der Waals surface area contributed by atoms with Crippen LogP contribution in [0.2, 0.25) is 0 Å². The van der Waals surface area contributed by atoms with E-state index >= 15 is 0 Å². The molecule has 0 radical (unpaired) electrons. The van der Waals surface area contributed by atoms with Crippen molar-refractivity contribution in [2.75, 3.05) is 0 Å². The van der Waals surface area contributed by atoms with Crippen molar-refractivity contribution in [3.05, 3.63) is 35.1 Å². The summed E-state index contributed by atoms with van der Waals surface area (Å²) in [4.78, 5) is 0.